The summed E-state index contributed by atoms with van der Waals surface area (Å²) in [4.78, 5) is 23.7. The molecule has 5 aromatic rings. The van der Waals surface area contributed by atoms with E-state index >= 15 is 0 Å². The maximum atomic E-state index is 14.0. The lowest BCUT2D eigenvalue weighted by Gasteiger charge is -2.10. The second-order valence-electron chi connectivity index (χ2n) is 6.44. The second kappa shape index (κ2) is 6.35. The number of fused-ring (bicyclic) bond motifs is 2. The number of aromatic nitrogens is 5. The van der Waals surface area contributed by atoms with Crippen LogP contribution in [0.3, 0.4) is 0 Å². The van der Waals surface area contributed by atoms with E-state index in [2.05, 4.69) is 31.2 Å². The topological polar surface area (TPSA) is 111 Å². The summed E-state index contributed by atoms with van der Waals surface area (Å²) in [5.41, 5.74) is 3.76. The summed E-state index contributed by atoms with van der Waals surface area (Å²) in [7, 11) is 0. The molecule has 5 rings (SSSR count). The Morgan fingerprint density at radius 3 is 2.59 bits per heavy atom. The summed E-state index contributed by atoms with van der Waals surface area (Å²) < 4.78 is 14.0. The fourth-order valence-corrected chi connectivity index (χ4v) is 3.23. The van der Waals surface area contributed by atoms with E-state index in [0.717, 1.165) is 0 Å². The van der Waals surface area contributed by atoms with Crippen molar-refractivity contribution in [2.24, 2.45) is 0 Å². The molecule has 0 aliphatic carbocycles. The molecule has 0 atom stereocenters. The second-order valence-corrected chi connectivity index (χ2v) is 6.44. The van der Waals surface area contributed by atoms with Crippen LogP contribution in [0.2, 0.25) is 0 Å². The van der Waals surface area contributed by atoms with Crippen LogP contribution in [0.4, 0.5) is 4.39 Å². The maximum absolute atomic E-state index is 14.0. The van der Waals surface area contributed by atoms with Crippen molar-refractivity contribution >= 4 is 22.1 Å². The van der Waals surface area contributed by atoms with Crippen LogP contribution in [-0.4, -0.2) is 25.1 Å². The first-order chi connectivity index (χ1) is 14.1. The highest BCUT2D eigenvalue weighted by Crippen LogP contribution is 2.32. The molecule has 0 fully saturated rings. The van der Waals surface area contributed by atoms with Crippen LogP contribution in [0.25, 0.3) is 44.6 Å². The van der Waals surface area contributed by atoms with E-state index in [-0.39, 0.29) is 5.56 Å². The average molecular weight is 382 g/mol. The number of rotatable bonds is 2. The summed E-state index contributed by atoms with van der Waals surface area (Å²) >= 11 is 0. The van der Waals surface area contributed by atoms with Crippen molar-refractivity contribution in [2.75, 3.05) is 0 Å². The fraction of sp³-hybridized carbons (Fsp3) is 0. The minimum atomic E-state index is -0.534. The molecule has 0 spiro atoms. The number of hydrogen-bond acceptors (Lipinski definition) is 5. The number of benzene rings is 2. The van der Waals surface area contributed by atoms with Crippen LogP contribution in [0.1, 0.15) is 5.56 Å². The number of nitrogens with zero attached hydrogens (tertiary/aromatic N) is 4. The van der Waals surface area contributed by atoms with Gasteiger partial charge in [-0.3, -0.25) is 9.89 Å². The van der Waals surface area contributed by atoms with Crippen LogP contribution >= 0.6 is 0 Å². The van der Waals surface area contributed by atoms with E-state index in [1.54, 1.807) is 48.5 Å². The molecular formula is C21H11FN6O. The number of pyridine rings is 1. The van der Waals surface area contributed by atoms with Crippen LogP contribution in [0, 0.1) is 17.3 Å². The quantitative estimate of drug-likeness (QED) is 0.485. The Bertz CT molecular complexity index is 1510. The first kappa shape index (κ1) is 16.8. The Balaban J connectivity index is 1.84. The van der Waals surface area contributed by atoms with Crippen molar-refractivity contribution in [1.29, 1.82) is 5.26 Å². The fourth-order valence-electron chi connectivity index (χ4n) is 3.23. The highest BCUT2D eigenvalue weighted by atomic mass is 19.1. The third-order valence-electron chi connectivity index (χ3n) is 4.60. The molecule has 3 aromatic heterocycles. The lowest BCUT2D eigenvalue weighted by atomic mass is 10.0. The van der Waals surface area contributed by atoms with Gasteiger partial charge in [-0.25, -0.2) is 9.97 Å². The number of halogens is 1. The minimum absolute atomic E-state index is 0.293. The van der Waals surface area contributed by atoms with Crippen molar-refractivity contribution in [3.05, 3.63) is 76.5 Å². The van der Waals surface area contributed by atoms with E-state index in [4.69, 9.17) is 0 Å². The molecule has 29 heavy (non-hydrogen) atoms. The maximum Gasteiger partial charge on any atom is 0.249 e. The standard InChI is InChI=1S/C21H11FN6O/c22-20-14-9-13(4-5-15(14)27-28-20)18-19(12-3-1-2-11(8-12)10-23)26-21-16(24-18)6-7-17(29)25-21/h1-9H,(H,27,28)(H,25,26,29). The molecule has 0 saturated carbocycles. The van der Waals surface area contributed by atoms with Crippen LogP contribution in [0.5, 0.6) is 0 Å². The zero-order chi connectivity index (χ0) is 20.0. The molecular weight excluding hydrogens is 371 g/mol. The van der Waals surface area contributed by atoms with Gasteiger partial charge in [-0.05, 0) is 30.3 Å². The SMILES string of the molecule is N#Cc1cccc(-c2nc3[nH]c(=O)ccc3nc2-c2ccc3n[nH]c(F)c3c2)c1. The van der Waals surface area contributed by atoms with Gasteiger partial charge in [-0.1, -0.05) is 18.2 Å². The van der Waals surface area contributed by atoms with Gasteiger partial charge in [0.2, 0.25) is 11.5 Å². The van der Waals surface area contributed by atoms with Gasteiger partial charge in [0.05, 0.1) is 33.9 Å². The Kier molecular flexibility index (Phi) is 3.67. The Hall–Kier alpha value is -4.38. The average Bonchev–Trinajstić information content (AvgIpc) is 3.13. The lowest BCUT2D eigenvalue weighted by molar-refractivity contribution is 0.588. The van der Waals surface area contributed by atoms with Crippen molar-refractivity contribution < 1.29 is 4.39 Å². The van der Waals surface area contributed by atoms with E-state index in [9.17, 15) is 14.4 Å². The summed E-state index contributed by atoms with van der Waals surface area (Å²) in [5, 5.41) is 15.8. The van der Waals surface area contributed by atoms with Gasteiger partial charge in [0.25, 0.3) is 0 Å². The van der Waals surface area contributed by atoms with Gasteiger partial charge in [0, 0.05) is 17.2 Å². The predicted molar refractivity (Wildman–Crippen MR) is 105 cm³/mol. The molecule has 0 amide bonds. The summed E-state index contributed by atoms with van der Waals surface area (Å²) in [6.45, 7) is 0. The van der Waals surface area contributed by atoms with Gasteiger partial charge >= 0.3 is 0 Å². The molecule has 7 nitrogen and oxygen atoms in total. The van der Waals surface area contributed by atoms with Gasteiger partial charge < -0.3 is 4.98 Å². The molecule has 2 aromatic carbocycles. The zero-order valence-electron chi connectivity index (χ0n) is 14.8. The van der Waals surface area contributed by atoms with Crippen molar-refractivity contribution in [2.45, 2.75) is 0 Å². The number of aromatic amines is 2. The summed E-state index contributed by atoms with van der Waals surface area (Å²) in [6.07, 6.45) is 0. The first-order valence-corrected chi connectivity index (χ1v) is 8.68. The van der Waals surface area contributed by atoms with Crippen molar-refractivity contribution in [3.8, 4) is 28.6 Å². The van der Waals surface area contributed by atoms with Gasteiger partial charge in [0.1, 0.15) is 5.52 Å². The highest BCUT2D eigenvalue weighted by Gasteiger charge is 2.16. The molecule has 138 valence electrons. The number of nitriles is 1. The van der Waals surface area contributed by atoms with Crippen LogP contribution < -0.4 is 5.56 Å². The van der Waals surface area contributed by atoms with E-state index in [1.807, 2.05) is 0 Å². The third kappa shape index (κ3) is 2.82. The van der Waals surface area contributed by atoms with Gasteiger partial charge in [-0.15, -0.1) is 0 Å². The molecule has 0 unspecified atom stereocenters. The Labute approximate surface area is 162 Å². The predicted octanol–water partition coefficient (Wildman–Crippen LogP) is 3.54. The molecule has 0 saturated heterocycles. The van der Waals surface area contributed by atoms with Crippen molar-refractivity contribution in [3.63, 3.8) is 0 Å². The molecule has 8 heteroatoms. The smallest absolute Gasteiger partial charge is 0.249 e. The molecule has 0 aliphatic heterocycles. The van der Waals surface area contributed by atoms with Gasteiger partial charge in [0.15, 0.2) is 5.65 Å². The van der Waals surface area contributed by atoms with E-state index in [0.29, 0.717) is 50.1 Å². The number of H-pyrrole nitrogens is 2. The molecule has 0 bridgehead atoms. The summed E-state index contributed by atoms with van der Waals surface area (Å²) in [5.74, 6) is -0.534. The minimum Gasteiger partial charge on any atom is -0.305 e. The van der Waals surface area contributed by atoms with E-state index < -0.39 is 5.95 Å². The normalized spacial score (nSPS) is 11.0. The lowest BCUT2D eigenvalue weighted by Crippen LogP contribution is -2.06. The van der Waals surface area contributed by atoms with Crippen molar-refractivity contribution in [1.82, 2.24) is 25.1 Å². The van der Waals surface area contributed by atoms with E-state index in [1.165, 1.54) is 6.07 Å². The molecule has 0 radical (unpaired) electrons. The zero-order valence-corrected chi connectivity index (χ0v) is 14.8. The van der Waals surface area contributed by atoms with Crippen LogP contribution in [-0.2, 0) is 0 Å². The molecule has 0 aliphatic rings. The van der Waals surface area contributed by atoms with Gasteiger partial charge in [-0.2, -0.15) is 14.8 Å². The Morgan fingerprint density at radius 2 is 1.72 bits per heavy atom. The monoisotopic (exact) mass is 382 g/mol. The summed E-state index contributed by atoms with van der Waals surface area (Å²) in [6, 6.07) is 17.1. The Morgan fingerprint density at radius 1 is 0.931 bits per heavy atom. The highest BCUT2D eigenvalue weighted by molar-refractivity contribution is 5.89. The van der Waals surface area contributed by atoms with Crippen LogP contribution in [0.15, 0.2) is 59.4 Å². The third-order valence-corrected chi connectivity index (χ3v) is 4.60. The first-order valence-electron chi connectivity index (χ1n) is 8.68. The number of nitrogens with one attached hydrogen (secondary N) is 2. The molecule has 2 N–H and O–H groups in total. The molecule has 3 heterocycles. The number of hydrogen-bond donors (Lipinski definition) is 2. The largest absolute Gasteiger partial charge is 0.305 e.